The van der Waals surface area contributed by atoms with Crippen molar-refractivity contribution in [2.24, 2.45) is 0 Å². The van der Waals surface area contributed by atoms with Gasteiger partial charge in [-0.05, 0) is 12.8 Å². The van der Waals surface area contributed by atoms with Gasteiger partial charge in [-0.25, -0.2) is 9.78 Å². The zero-order valence-electron chi connectivity index (χ0n) is 10.1. The number of hydrogen-bond donors (Lipinski definition) is 1. The predicted octanol–water partition coefficient (Wildman–Crippen LogP) is 2.86. The van der Waals surface area contributed by atoms with Crippen LogP contribution < -0.4 is 0 Å². The largest absolute Gasteiger partial charge is 0.476 e. The Labute approximate surface area is 105 Å². The van der Waals surface area contributed by atoms with E-state index >= 15 is 0 Å². The standard InChI is InChI=1S/C12H17NO3S/c1-7(2)11-13-9(12(14)15)10(17-11)8-4-3-5-16-6-8/h7-8H,3-6H2,1-2H3,(H,14,15). The summed E-state index contributed by atoms with van der Waals surface area (Å²) in [6.07, 6.45) is 2.00. The molecule has 0 aromatic carbocycles. The van der Waals surface area contributed by atoms with Gasteiger partial charge in [0.1, 0.15) is 0 Å². The zero-order chi connectivity index (χ0) is 12.4. The van der Waals surface area contributed by atoms with E-state index < -0.39 is 5.97 Å². The molecule has 17 heavy (non-hydrogen) atoms. The fourth-order valence-electron chi connectivity index (χ4n) is 1.97. The highest BCUT2D eigenvalue weighted by atomic mass is 32.1. The first kappa shape index (κ1) is 12.5. The van der Waals surface area contributed by atoms with Crippen LogP contribution >= 0.6 is 11.3 Å². The van der Waals surface area contributed by atoms with Gasteiger partial charge in [0.25, 0.3) is 0 Å². The van der Waals surface area contributed by atoms with Crippen molar-refractivity contribution in [2.45, 2.75) is 38.5 Å². The van der Waals surface area contributed by atoms with Crippen molar-refractivity contribution >= 4 is 17.3 Å². The Bertz CT molecular complexity index is 408. The normalized spacial score (nSPS) is 20.8. The summed E-state index contributed by atoms with van der Waals surface area (Å²) in [5.41, 5.74) is 0.231. The Morgan fingerprint density at radius 1 is 1.59 bits per heavy atom. The van der Waals surface area contributed by atoms with Gasteiger partial charge in [0.2, 0.25) is 0 Å². The van der Waals surface area contributed by atoms with Crippen LogP contribution in [0.4, 0.5) is 0 Å². The van der Waals surface area contributed by atoms with E-state index in [1.54, 1.807) is 0 Å². The molecule has 1 saturated heterocycles. The average molecular weight is 255 g/mol. The smallest absolute Gasteiger partial charge is 0.355 e. The quantitative estimate of drug-likeness (QED) is 0.902. The molecule has 2 heterocycles. The highest BCUT2D eigenvalue weighted by Gasteiger charge is 2.26. The number of nitrogens with zero attached hydrogens (tertiary/aromatic N) is 1. The molecule has 0 amide bonds. The molecule has 4 nitrogen and oxygen atoms in total. The molecule has 2 rings (SSSR count). The maximum atomic E-state index is 11.2. The van der Waals surface area contributed by atoms with Crippen molar-refractivity contribution < 1.29 is 14.6 Å². The zero-order valence-corrected chi connectivity index (χ0v) is 10.9. The molecule has 1 unspecified atom stereocenters. The number of aromatic carboxylic acids is 1. The van der Waals surface area contributed by atoms with Crippen LogP contribution in [0.1, 0.15) is 58.9 Å². The molecule has 1 aliphatic rings. The van der Waals surface area contributed by atoms with Crippen molar-refractivity contribution in [1.82, 2.24) is 4.98 Å². The Kier molecular flexibility index (Phi) is 3.79. The van der Waals surface area contributed by atoms with Crippen molar-refractivity contribution in [2.75, 3.05) is 13.2 Å². The minimum atomic E-state index is -0.922. The molecule has 0 aliphatic carbocycles. The second-order valence-electron chi connectivity index (χ2n) is 4.64. The third-order valence-electron chi connectivity index (χ3n) is 2.90. The Morgan fingerprint density at radius 3 is 2.88 bits per heavy atom. The monoisotopic (exact) mass is 255 g/mol. The van der Waals surface area contributed by atoms with Crippen LogP contribution in [0.5, 0.6) is 0 Å². The van der Waals surface area contributed by atoms with Gasteiger partial charge in [-0.1, -0.05) is 13.8 Å². The Balaban J connectivity index is 2.32. The third kappa shape index (κ3) is 2.66. The summed E-state index contributed by atoms with van der Waals surface area (Å²) in [6, 6.07) is 0. The van der Waals surface area contributed by atoms with E-state index in [0.717, 1.165) is 29.3 Å². The number of aromatic nitrogens is 1. The van der Waals surface area contributed by atoms with Gasteiger partial charge < -0.3 is 9.84 Å². The topological polar surface area (TPSA) is 59.4 Å². The molecule has 1 aromatic heterocycles. The molecule has 1 fully saturated rings. The van der Waals surface area contributed by atoms with Gasteiger partial charge in [-0.15, -0.1) is 11.3 Å². The predicted molar refractivity (Wildman–Crippen MR) is 66.0 cm³/mol. The minimum Gasteiger partial charge on any atom is -0.476 e. The molecule has 1 aliphatic heterocycles. The van der Waals surface area contributed by atoms with E-state index in [1.165, 1.54) is 11.3 Å². The lowest BCUT2D eigenvalue weighted by Gasteiger charge is -2.21. The molecule has 1 atom stereocenters. The lowest BCUT2D eigenvalue weighted by Crippen LogP contribution is -2.16. The number of ether oxygens (including phenoxy) is 1. The molecular weight excluding hydrogens is 238 g/mol. The minimum absolute atomic E-state index is 0.208. The van der Waals surface area contributed by atoms with Crippen LogP contribution in [-0.4, -0.2) is 29.3 Å². The van der Waals surface area contributed by atoms with Gasteiger partial charge in [0.15, 0.2) is 5.69 Å². The Hall–Kier alpha value is -0.940. The van der Waals surface area contributed by atoms with Crippen LogP contribution in [0.3, 0.4) is 0 Å². The molecular formula is C12H17NO3S. The molecule has 1 aromatic rings. The van der Waals surface area contributed by atoms with Crippen molar-refractivity contribution in [3.63, 3.8) is 0 Å². The lowest BCUT2D eigenvalue weighted by atomic mass is 9.99. The van der Waals surface area contributed by atoms with E-state index in [1.807, 2.05) is 13.8 Å². The highest BCUT2D eigenvalue weighted by Crippen LogP contribution is 2.35. The SMILES string of the molecule is CC(C)c1nc(C(=O)O)c(C2CCCOC2)s1. The van der Waals surface area contributed by atoms with Gasteiger partial charge in [0.05, 0.1) is 11.6 Å². The van der Waals surface area contributed by atoms with E-state index in [0.29, 0.717) is 6.61 Å². The Morgan fingerprint density at radius 2 is 2.35 bits per heavy atom. The van der Waals surface area contributed by atoms with Gasteiger partial charge in [-0.2, -0.15) is 0 Å². The average Bonchev–Trinajstić information content (AvgIpc) is 2.75. The summed E-state index contributed by atoms with van der Waals surface area (Å²) in [5.74, 6) is -0.440. The molecule has 0 bridgehead atoms. The van der Waals surface area contributed by atoms with E-state index in [4.69, 9.17) is 4.74 Å². The number of carboxylic acids is 1. The summed E-state index contributed by atoms with van der Waals surface area (Å²) in [4.78, 5) is 16.3. The van der Waals surface area contributed by atoms with E-state index in [9.17, 15) is 9.90 Å². The fraction of sp³-hybridized carbons (Fsp3) is 0.667. The number of thiazole rings is 1. The number of hydrogen-bond acceptors (Lipinski definition) is 4. The summed E-state index contributed by atoms with van der Waals surface area (Å²) < 4.78 is 5.43. The maximum absolute atomic E-state index is 11.2. The summed E-state index contributed by atoms with van der Waals surface area (Å²) in [6.45, 7) is 5.48. The van der Waals surface area contributed by atoms with Crippen LogP contribution in [0, 0.1) is 0 Å². The first-order chi connectivity index (χ1) is 8.09. The van der Waals surface area contributed by atoms with Gasteiger partial charge in [0, 0.05) is 23.3 Å². The van der Waals surface area contributed by atoms with Crippen molar-refractivity contribution in [3.8, 4) is 0 Å². The highest BCUT2D eigenvalue weighted by molar-refractivity contribution is 7.12. The van der Waals surface area contributed by atoms with E-state index in [2.05, 4.69) is 4.98 Å². The van der Waals surface area contributed by atoms with Gasteiger partial charge >= 0.3 is 5.97 Å². The summed E-state index contributed by atoms with van der Waals surface area (Å²) in [5, 5.41) is 10.1. The molecule has 0 spiro atoms. The number of rotatable bonds is 3. The fourth-order valence-corrected chi connectivity index (χ4v) is 3.15. The molecule has 94 valence electrons. The first-order valence-corrected chi connectivity index (χ1v) is 6.73. The van der Waals surface area contributed by atoms with Crippen LogP contribution in [-0.2, 0) is 4.74 Å². The number of carboxylic acid groups (broad SMARTS) is 1. The summed E-state index contributed by atoms with van der Waals surface area (Å²) in [7, 11) is 0. The lowest BCUT2D eigenvalue weighted by molar-refractivity contribution is 0.0676. The molecule has 0 saturated carbocycles. The first-order valence-electron chi connectivity index (χ1n) is 5.91. The van der Waals surface area contributed by atoms with Crippen LogP contribution in [0.15, 0.2) is 0 Å². The molecule has 5 heteroatoms. The maximum Gasteiger partial charge on any atom is 0.355 e. The van der Waals surface area contributed by atoms with Crippen LogP contribution in [0.25, 0.3) is 0 Å². The van der Waals surface area contributed by atoms with E-state index in [-0.39, 0.29) is 17.5 Å². The van der Waals surface area contributed by atoms with Crippen molar-refractivity contribution in [3.05, 3.63) is 15.6 Å². The summed E-state index contributed by atoms with van der Waals surface area (Å²) >= 11 is 1.53. The molecule has 0 radical (unpaired) electrons. The van der Waals surface area contributed by atoms with Crippen molar-refractivity contribution in [1.29, 1.82) is 0 Å². The second-order valence-corrected chi connectivity index (χ2v) is 5.70. The van der Waals surface area contributed by atoms with Crippen LogP contribution in [0.2, 0.25) is 0 Å². The third-order valence-corrected chi connectivity index (χ3v) is 4.42. The molecule has 1 N–H and O–H groups in total. The van der Waals surface area contributed by atoms with Gasteiger partial charge in [-0.3, -0.25) is 0 Å². The number of carbonyl (C=O) groups is 1. The second kappa shape index (κ2) is 5.14.